The van der Waals surface area contributed by atoms with Crippen molar-refractivity contribution < 1.29 is 9.32 Å². The van der Waals surface area contributed by atoms with Gasteiger partial charge in [-0.2, -0.15) is 0 Å². The van der Waals surface area contributed by atoms with E-state index in [2.05, 4.69) is 10.1 Å². The highest BCUT2D eigenvalue weighted by atomic mass is 16.5. The summed E-state index contributed by atoms with van der Waals surface area (Å²) in [5.74, 6) is 0.739. The first-order chi connectivity index (χ1) is 11.7. The monoisotopic (exact) mass is 321 g/mol. The molecule has 24 heavy (non-hydrogen) atoms. The first-order valence-corrected chi connectivity index (χ1v) is 7.86. The molecule has 0 N–H and O–H groups in total. The minimum Gasteiger partial charge on any atom is -0.359 e. The summed E-state index contributed by atoms with van der Waals surface area (Å²) in [7, 11) is 1.77. The highest BCUT2D eigenvalue weighted by molar-refractivity contribution is 5.76. The average Bonchev–Trinajstić information content (AvgIpc) is 3.10. The highest BCUT2D eigenvalue weighted by Gasteiger charge is 2.13. The van der Waals surface area contributed by atoms with Crippen LogP contribution in [0.15, 0.2) is 65.4 Å². The standard InChI is InChI=1S/C19H19N3O2/c1-22(19(23)10-9-15-6-5-11-20-13-15)14-17-12-18(21-24-17)16-7-3-2-4-8-16/h2-8,11-13H,9-10,14H2,1H3. The van der Waals surface area contributed by atoms with Gasteiger partial charge in [0.05, 0.1) is 6.54 Å². The van der Waals surface area contributed by atoms with Crippen molar-refractivity contribution in [3.05, 3.63) is 72.2 Å². The van der Waals surface area contributed by atoms with E-state index in [9.17, 15) is 4.79 Å². The van der Waals surface area contributed by atoms with Gasteiger partial charge >= 0.3 is 0 Å². The van der Waals surface area contributed by atoms with Gasteiger partial charge in [0.15, 0.2) is 5.76 Å². The van der Waals surface area contributed by atoms with Gasteiger partial charge in [-0.1, -0.05) is 41.6 Å². The van der Waals surface area contributed by atoms with Gasteiger partial charge in [-0.15, -0.1) is 0 Å². The molecule has 0 aliphatic carbocycles. The smallest absolute Gasteiger partial charge is 0.223 e. The number of pyridine rings is 1. The van der Waals surface area contributed by atoms with E-state index < -0.39 is 0 Å². The lowest BCUT2D eigenvalue weighted by atomic mass is 10.1. The molecule has 0 radical (unpaired) electrons. The van der Waals surface area contributed by atoms with Crippen LogP contribution in [-0.2, 0) is 17.8 Å². The lowest BCUT2D eigenvalue weighted by Gasteiger charge is -2.15. The Bertz CT molecular complexity index is 785. The number of hydrogen-bond acceptors (Lipinski definition) is 4. The first-order valence-electron chi connectivity index (χ1n) is 7.86. The molecule has 0 saturated heterocycles. The molecule has 0 aliphatic rings. The molecule has 0 saturated carbocycles. The summed E-state index contributed by atoms with van der Waals surface area (Å²) in [5.41, 5.74) is 2.84. The molecule has 3 rings (SSSR count). The Balaban J connectivity index is 1.55. The first kappa shape index (κ1) is 15.9. The predicted molar refractivity (Wildman–Crippen MR) is 91.0 cm³/mol. The van der Waals surface area contributed by atoms with Crippen molar-refractivity contribution in [3.8, 4) is 11.3 Å². The molecule has 122 valence electrons. The zero-order chi connectivity index (χ0) is 16.8. The van der Waals surface area contributed by atoms with E-state index in [0.29, 0.717) is 25.1 Å². The minimum absolute atomic E-state index is 0.0662. The Kier molecular flexibility index (Phi) is 5.01. The van der Waals surface area contributed by atoms with E-state index in [0.717, 1.165) is 16.8 Å². The number of rotatable bonds is 6. The van der Waals surface area contributed by atoms with E-state index >= 15 is 0 Å². The van der Waals surface area contributed by atoms with Gasteiger partial charge in [-0.3, -0.25) is 9.78 Å². The lowest BCUT2D eigenvalue weighted by molar-refractivity contribution is -0.130. The topological polar surface area (TPSA) is 59.2 Å². The fourth-order valence-electron chi connectivity index (χ4n) is 2.44. The van der Waals surface area contributed by atoms with Crippen molar-refractivity contribution in [2.45, 2.75) is 19.4 Å². The SMILES string of the molecule is CN(Cc1cc(-c2ccccc2)no1)C(=O)CCc1cccnc1. The summed E-state index contributed by atoms with van der Waals surface area (Å²) in [6.45, 7) is 0.408. The third-order valence-corrected chi connectivity index (χ3v) is 3.80. The largest absolute Gasteiger partial charge is 0.359 e. The normalized spacial score (nSPS) is 10.5. The summed E-state index contributed by atoms with van der Waals surface area (Å²) >= 11 is 0. The molecule has 5 heteroatoms. The Labute approximate surface area is 140 Å². The van der Waals surface area contributed by atoms with Crippen LogP contribution in [0.1, 0.15) is 17.7 Å². The van der Waals surface area contributed by atoms with Crippen LogP contribution >= 0.6 is 0 Å². The quantitative estimate of drug-likeness (QED) is 0.699. The zero-order valence-electron chi connectivity index (χ0n) is 13.6. The van der Waals surface area contributed by atoms with Gasteiger partial charge in [-0.25, -0.2) is 0 Å². The molecule has 0 aliphatic heterocycles. The Morgan fingerprint density at radius 2 is 2.00 bits per heavy atom. The maximum atomic E-state index is 12.2. The van der Waals surface area contributed by atoms with Crippen LogP contribution in [0.2, 0.25) is 0 Å². The van der Waals surface area contributed by atoms with Crippen LogP contribution < -0.4 is 0 Å². The third kappa shape index (κ3) is 4.07. The number of amides is 1. The van der Waals surface area contributed by atoms with E-state index in [1.807, 2.05) is 48.5 Å². The summed E-state index contributed by atoms with van der Waals surface area (Å²) in [5, 5.41) is 4.07. The number of nitrogens with zero attached hydrogens (tertiary/aromatic N) is 3. The molecular formula is C19H19N3O2. The summed E-state index contributed by atoms with van der Waals surface area (Å²) in [4.78, 5) is 18.0. The molecule has 0 atom stereocenters. The van der Waals surface area contributed by atoms with Gasteiger partial charge in [0.1, 0.15) is 5.69 Å². The fourth-order valence-corrected chi connectivity index (χ4v) is 2.44. The van der Waals surface area contributed by atoms with Crippen molar-refractivity contribution in [1.29, 1.82) is 0 Å². The molecule has 0 unspecified atom stereocenters. The van der Waals surface area contributed by atoms with E-state index in [4.69, 9.17) is 4.52 Å². The molecule has 3 aromatic rings. The number of benzene rings is 1. The zero-order valence-corrected chi connectivity index (χ0v) is 13.6. The molecule has 0 bridgehead atoms. The lowest BCUT2D eigenvalue weighted by Crippen LogP contribution is -2.26. The van der Waals surface area contributed by atoms with E-state index in [-0.39, 0.29) is 5.91 Å². The second kappa shape index (κ2) is 7.55. The summed E-state index contributed by atoms with van der Waals surface area (Å²) in [6.07, 6.45) is 4.64. The molecular weight excluding hydrogens is 302 g/mol. The van der Waals surface area contributed by atoms with Crippen LogP contribution in [0.25, 0.3) is 11.3 Å². The van der Waals surface area contributed by atoms with Gasteiger partial charge in [-0.05, 0) is 18.1 Å². The van der Waals surface area contributed by atoms with Gasteiger partial charge in [0, 0.05) is 37.5 Å². The molecule has 1 aromatic carbocycles. The predicted octanol–water partition coefficient (Wildman–Crippen LogP) is 3.33. The maximum Gasteiger partial charge on any atom is 0.223 e. The third-order valence-electron chi connectivity index (χ3n) is 3.80. The van der Waals surface area contributed by atoms with Crippen LogP contribution in [-0.4, -0.2) is 28.0 Å². The molecule has 0 spiro atoms. The number of aromatic nitrogens is 2. The molecule has 0 fully saturated rings. The van der Waals surface area contributed by atoms with Crippen LogP contribution in [0.5, 0.6) is 0 Å². The molecule has 2 heterocycles. The minimum atomic E-state index is 0.0662. The number of hydrogen-bond donors (Lipinski definition) is 0. The number of carbonyl (C=O) groups excluding carboxylic acids is 1. The Morgan fingerprint density at radius 3 is 2.75 bits per heavy atom. The second-order valence-electron chi connectivity index (χ2n) is 5.66. The number of carbonyl (C=O) groups is 1. The molecule has 5 nitrogen and oxygen atoms in total. The van der Waals surface area contributed by atoms with Crippen molar-refractivity contribution in [2.75, 3.05) is 7.05 Å². The maximum absolute atomic E-state index is 12.2. The Hall–Kier alpha value is -2.95. The van der Waals surface area contributed by atoms with Crippen molar-refractivity contribution in [1.82, 2.24) is 15.0 Å². The van der Waals surface area contributed by atoms with Gasteiger partial charge < -0.3 is 9.42 Å². The molecule has 2 aromatic heterocycles. The van der Waals surface area contributed by atoms with Crippen LogP contribution in [0.4, 0.5) is 0 Å². The van der Waals surface area contributed by atoms with Crippen molar-refractivity contribution >= 4 is 5.91 Å². The second-order valence-corrected chi connectivity index (χ2v) is 5.66. The molecule has 1 amide bonds. The van der Waals surface area contributed by atoms with Gasteiger partial charge in [0.25, 0.3) is 0 Å². The van der Waals surface area contributed by atoms with Gasteiger partial charge in [0.2, 0.25) is 5.91 Å². The fraction of sp³-hybridized carbons (Fsp3) is 0.211. The van der Waals surface area contributed by atoms with Crippen molar-refractivity contribution in [3.63, 3.8) is 0 Å². The summed E-state index contributed by atoms with van der Waals surface area (Å²) < 4.78 is 5.35. The van der Waals surface area contributed by atoms with E-state index in [1.165, 1.54) is 0 Å². The van der Waals surface area contributed by atoms with Crippen molar-refractivity contribution in [2.24, 2.45) is 0 Å². The highest BCUT2D eigenvalue weighted by Crippen LogP contribution is 2.19. The van der Waals surface area contributed by atoms with E-state index in [1.54, 1.807) is 24.3 Å². The van der Waals surface area contributed by atoms with Crippen LogP contribution in [0, 0.1) is 0 Å². The average molecular weight is 321 g/mol. The summed E-state index contributed by atoms with van der Waals surface area (Å²) in [6, 6.07) is 15.6. The Morgan fingerprint density at radius 1 is 1.17 bits per heavy atom. The van der Waals surface area contributed by atoms with Crippen LogP contribution in [0.3, 0.4) is 0 Å². The number of aryl methyl sites for hydroxylation is 1.